The number of benzene rings is 3. The summed E-state index contributed by atoms with van der Waals surface area (Å²) in [5.74, 6) is -0.712. The molecule has 0 saturated carbocycles. The lowest BCUT2D eigenvalue weighted by Crippen LogP contribution is -2.32. The fourth-order valence-electron chi connectivity index (χ4n) is 2.73. The van der Waals surface area contributed by atoms with E-state index in [0.29, 0.717) is 38.9 Å². The third kappa shape index (κ3) is 7.06. The second kappa shape index (κ2) is 11.5. The van der Waals surface area contributed by atoms with Crippen molar-refractivity contribution in [1.82, 2.24) is 5.43 Å². The number of carbonyl (C=O) groups excluding carboxylic acids is 2. The van der Waals surface area contributed by atoms with E-state index in [1.165, 1.54) is 13.3 Å². The Bertz CT molecular complexity index is 1170. The van der Waals surface area contributed by atoms with Crippen molar-refractivity contribution in [3.05, 3.63) is 86.8 Å². The Labute approximate surface area is 204 Å². The molecule has 7 nitrogen and oxygen atoms in total. The number of anilines is 1. The fourth-order valence-corrected chi connectivity index (χ4v) is 3.43. The lowest BCUT2D eigenvalue weighted by molar-refractivity contribution is -0.136. The van der Waals surface area contributed by atoms with E-state index in [-0.39, 0.29) is 0 Å². The van der Waals surface area contributed by atoms with E-state index in [2.05, 4.69) is 31.8 Å². The summed E-state index contributed by atoms with van der Waals surface area (Å²) < 4.78 is 12.0. The van der Waals surface area contributed by atoms with Gasteiger partial charge in [-0.05, 0) is 70.4 Å². The number of rotatable bonds is 7. The molecule has 0 aromatic heterocycles. The van der Waals surface area contributed by atoms with Crippen LogP contribution in [0.4, 0.5) is 5.69 Å². The third-order valence-corrected chi connectivity index (χ3v) is 5.28. The molecule has 3 aromatic rings. The normalized spacial score (nSPS) is 10.7. The van der Waals surface area contributed by atoms with Gasteiger partial charge in [-0.2, -0.15) is 5.10 Å². The Balaban J connectivity index is 1.61. The van der Waals surface area contributed by atoms with Gasteiger partial charge in [-0.1, -0.05) is 41.4 Å². The highest BCUT2D eigenvalue weighted by Gasteiger charge is 2.14. The molecule has 0 saturated heterocycles. The molecular weight excluding hydrogens is 510 g/mol. The zero-order valence-corrected chi connectivity index (χ0v) is 20.2. The third-order valence-electron chi connectivity index (χ3n) is 4.44. The van der Waals surface area contributed by atoms with Crippen molar-refractivity contribution in [2.24, 2.45) is 5.10 Å². The molecule has 33 heavy (non-hydrogen) atoms. The first kappa shape index (κ1) is 24.3. The van der Waals surface area contributed by atoms with Crippen molar-refractivity contribution in [3.8, 4) is 11.5 Å². The van der Waals surface area contributed by atoms with Crippen LogP contribution < -0.4 is 20.2 Å². The minimum Gasteiger partial charge on any atom is -0.493 e. The summed E-state index contributed by atoms with van der Waals surface area (Å²) in [6.07, 6.45) is 1.40. The molecule has 2 N–H and O–H groups in total. The van der Waals surface area contributed by atoms with Crippen LogP contribution in [0.25, 0.3) is 0 Å². The largest absolute Gasteiger partial charge is 0.493 e. The first-order valence-corrected chi connectivity index (χ1v) is 11.0. The lowest BCUT2D eigenvalue weighted by atomic mass is 10.2. The number of hydrogen-bond acceptors (Lipinski definition) is 5. The predicted octanol–water partition coefficient (Wildman–Crippen LogP) is 5.09. The standard InChI is InChI=1S/C24H21BrClN3O4/c1-15-3-9-19(10-4-15)28-23(30)24(31)29-27-13-17-11-20(25)22(21(12-17)32-2)33-14-16-5-7-18(26)8-6-16/h3-13H,14H2,1-2H3,(H,28,30)(H,29,31)/b27-13+. The van der Waals surface area contributed by atoms with Gasteiger partial charge in [0, 0.05) is 10.7 Å². The van der Waals surface area contributed by atoms with Crippen LogP contribution in [0, 0.1) is 6.92 Å². The number of aryl methyl sites for hydroxylation is 1. The van der Waals surface area contributed by atoms with Crippen LogP contribution in [0.15, 0.2) is 70.2 Å². The maximum absolute atomic E-state index is 12.0. The van der Waals surface area contributed by atoms with Crippen LogP contribution in [0.2, 0.25) is 5.02 Å². The molecule has 0 aliphatic heterocycles. The molecule has 9 heteroatoms. The Morgan fingerprint density at radius 2 is 1.76 bits per heavy atom. The Kier molecular flexibility index (Phi) is 8.46. The van der Waals surface area contributed by atoms with Gasteiger partial charge in [0.05, 0.1) is 17.8 Å². The maximum Gasteiger partial charge on any atom is 0.329 e. The zero-order valence-electron chi connectivity index (χ0n) is 17.9. The highest BCUT2D eigenvalue weighted by Crippen LogP contribution is 2.36. The highest BCUT2D eigenvalue weighted by atomic mass is 79.9. The number of methoxy groups -OCH3 is 1. The van der Waals surface area contributed by atoms with Gasteiger partial charge >= 0.3 is 11.8 Å². The summed E-state index contributed by atoms with van der Waals surface area (Å²) in [6, 6.07) is 17.9. The summed E-state index contributed by atoms with van der Waals surface area (Å²) in [6.45, 7) is 2.25. The topological polar surface area (TPSA) is 89.0 Å². The summed E-state index contributed by atoms with van der Waals surface area (Å²) in [7, 11) is 1.52. The molecule has 3 rings (SSSR count). The Morgan fingerprint density at radius 3 is 2.42 bits per heavy atom. The summed E-state index contributed by atoms with van der Waals surface area (Å²) in [5, 5.41) is 7.01. The van der Waals surface area contributed by atoms with E-state index in [1.807, 2.05) is 31.2 Å². The van der Waals surface area contributed by atoms with E-state index in [0.717, 1.165) is 11.1 Å². The van der Waals surface area contributed by atoms with Gasteiger partial charge in [0.25, 0.3) is 0 Å². The predicted molar refractivity (Wildman–Crippen MR) is 132 cm³/mol. The average Bonchev–Trinajstić information content (AvgIpc) is 2.80. The molecular formula is C24H21BrClN3O4. The zero-order chi connectivity index (χ0) is 23.8. The SMILES string of the molecule is COc1cc(/C=N/NC(=O)C(=O)Nc2ccc(C)cc2)cc(Br)c1OCc1ccc(Cl)cc1. The van der Waals surface area contributed by atoms with E-state index in [9.17, 15) is 9.59 Å². The van der Waals surface area contributed by atoms with Crippen molar-refractivity contribution in [3.63, 3.8) is 0 Å². The van der Waals surface area contributed by atoms with Gasteiger partial charge in [0.1, 0.15) is 6.61 Å². The van der Waals surface area contributed by atoms with Crippen molar-refractivity contribution in [2.45, 2.75) is 13.5 Å². The first-order valence-electron chi connectivity index (χ1n) is 9.81. The summed E-state index contributed by atoms with van der Waals surface area (Å²) in [4.78, 5) is 24.0. The highest BCUT2D eigenvalue weighted by molar-refractivity contribution is 9.10. The van der Waals surface area contributed by atoms with Gasteiger partial charge in [0.2, 0.25) is 0 Å². The number of amides is 2. The molecule has 0 fully saturated rings. The van der Waals surface area contributed by atoms with E-state index < -0.39 is 11.8 Å². The Morgan fingerprint density at radius 1 is 1.06 bits per heavy atom. The van der Waals surface area contributed by atoms with Gasteiger partial charge in [0.15, 0.2) is 11.5 Å². The van der Waals surface area contributed by atoms with E-state index in [4.69, 9.17) is 21.1 Å². The maximum atomic E-state index is 12.0. The van der Waals surface area contributed by atoms with Crippen LogP contribution in [0.1, 0.15) is 16.7 Å². The lowest BCUT2D eigenvalue weighted by Gasteiger charge is -2.13. The van der Waals surface area contributed by atoms with Crippen molar-refractivity contribution in [1.29, 1.82) is 0 Å². The molecule has 0 aliphatic carbocycles. The average molecular weight is 531 g/mol. The second-order valence-corrected chi connectivity index (χ2v) is 8.26. The number of hydrazone groups is 1. The van der Waals surface area contributed by atoms with Crippen LogP contribution >= 0.6 is 27.5 Å². The molecule has 0 spiro atoms. The van der Waals surface area contributed by atoms with Gasteiger partial charge < -0.3 is 14.8 Å². The first-order chi connectivity index (χ1) is 15.9. The molecule has 0 atom stereocenters. The quantitative estimate of drug-likeness (QED) is 0.253. The molecule has 0 heterocycles. The molecule has 0 aliphatic rings. The molecule has 2 amide bonds. The van der Waals surface area contributed by atoms with Crippen molar-refractivity contribution >= 4 is 51.2 Å². The molecule has 0 unspecified atom stereocenters. The van der Waals surface area contributed by atoms with Crippen LogP contribution in [-0.4, -0.2) is 25.1 Å². The summed E-state index contributed by atoms with van der Waals surface area (Å²) in [5.41, 5.74) is 5.34. The number of hydrogen-bond donors (Lipinski definition) is 2. The van der Waals surface area contributed by atoms with Crippen LogP contribution in [-0.2, 0) is 16.2 Å². The van der Waals surface area contributed by atoms with Crippen LogP contribution in [0.5, 0.6) is 11.5 Å². The van der Waals surface area contributed by atoms with E-state index >= 15 is 0 Å². The second-order valence-electron chi connectivity index (χ2n) is 6.97. The molecule has 3 aromatic carbocycles. The van der Waals surface area contributed by atoms with E-state index in [1.54, 1.807) is 36.4 Å². The minimum atomic E-state index is -0.888. The summed E-state index contributed by atoms with van der Waals surface area (Å²) >= 11 is 9.38. The van der Waals surface area contributed by atoms with Gasteiger partial charge in [-0.15, -0.1) is 0 Å². The van der Waals surface area contributed by atoms with Gasteiger partial charge in [-0.3, -0.25) is 9.59 Å². The minimum absolute atomic E-state index is 0.325. The monoisotopic (exact) mass is 529 g/mol. The van der Waals surface area contributed by atoms with Gasteiger partial charge in [-0.25, -0.2) is 5.43 Å². The number of nitrogens with zero attached hydrogens (tertiary/aromatic N) is 1. The molecule has 170 valence electrons. The van der Waals surface area contributed by atoms with Crippen molar-refractivity contribution < 1.29 is 19.1 Å². The van der Waals surface area contributed by atoms with Crippen LogP contribution in [0.3, 0.4) is 0 Å². The number of halogens is 2. The van der Waals surface area contributed by atoms with Crippen molar-refractivity contribution in [2.75, 3.05) is 12.4 Å². The smallest absolute Gasteiger partial charge is 0.329 e. The molecule has 0 radical (unpaired) electrons. The number of carbonyl (C=O) groups is 2. The number of nitrogens with one attached hydrogen (secondary N) is 2. The number of ether oxygens (including phenoxy) is 2. The fraction of sp³-hybridized carbons (Fsp3) is 0.125. The molecule has 0 bridgehead atoms. The Hall–Kier alpha value is -3.36.